The average Bonchev–Trinajstić information content (AvgIpc) is 2.81. The first-order valence-corrected chi connectivity index (χ1v) is 11.7. The molecule has 178 valence electrons. The van der Waals surface area contributed by atoms with Crippen LogP contribution >= 0.6 is 0 Å². The van der Waals surface area contributed by atoms with Crippen LogP contribution < -0.4 is 14.8 Å². The zero-order valence-electron chi connectivity index (χ0n) is 19.9. The molecule has 7 heteroatoms. The molecule has 0 aliphatic carbocycles. The number of nitrogens with zero attached hydrogens (tertiary/aromatic N) is 2. The van der Waals surface area contributed by atoms with E-state index in [1.165, 1.54) is 0 Å². The maximum absolute atomic E-state index is 12.6. The molecule has 1 heterocycles. The van der Waals surface area contributed by atoms with Gasteiger partial charge >= 0.3 is 0 Å². The van der Waals surface area contributed by atoms with E-state index in [1.54, 1.807) is 0 Å². The molecular formula is C26H35N3O4. The highest BCUT2D eigenvalue weighted by atomic mass is 16.5. The van der Waals surface area contributed by atoms with Gasteiger partial charge in [0.15, 0.2) is 11.5 Å². The van der Waals surface area contributed by atoms with Gasteiger partial charge in [0, 0.05) is 38.3 Å². The Morgan fingerprint density at radius 1 is 0.909 bits per heavy atom. The third-order valence-corrected chi connectivity index (χ3v) is 5.78. The van der Waals surface area contributed by atoms with Gasteiger partial charge in [-0.3, -0.25) is 14.5 Å². The summed E-state index contributed by atoms with van der Waals surface area (Å²) < 4.78 is 11.4. The summed E-state index contributed by atoms with van der Waals surface area (Å²) in [6, 6.07) is 13.6. The van der Waals surface area contributed by atoms with E-state index < -0.39 is 0 Å². The lowest BCUT2D eigenvalue weighted by molar-refractivity contribution is -0.133. The van der Waals surface area contributed by atoms with E-state index in [0.29, 0.717) is 64.5 Å². The number of hydrogen-bond acceptors (Lipinski definition) is 5. The topological polar surface area (TPSA) is 71.1 Å². The van der Waals surface area contributed by atoms with Gasteiger partial charge in [-0.15, -0.1) is 0 Å². The first-order valence-electron chi connectivity index (χ1n) is 11.7. The molecule has 2 aromatic rings. The van der Waals surface area contributed by atoms with Gasteiger partial charge in [0.2, 0.25) is 11.8 Å². The SMILES string of the molecule is CCOc1ccccc1OCCCC(=O)N1CCN(CC(=O)Nc2c(C)cccc2C)CC1. The molecule has 0 unspecified atom stereocenters. The number of amides is 2. The fourth-order valence-corrected chi connectivity index (χ4v) is 3.96. The summed E-state index contributed by atoms with van der Waals surface area (Å²) in [4.78, 5) is 29.1. The monoisotopic (exact) mass is 453 g/mol. The van der Waals surface area contributed by atoms with Crippen LogP contribution in [0, 0.1) is 13.8 Å². The van der Waals surface area contributed by atoms with Gasteiger partial charge < -0.3 is 19.7 Å². The molecule has 0 spiro atoms. The van der Waals surface area contributed by atoms with Crippen LogP contribution in [0.15, 0.2) is 42.5 Å². The third-order valence-electron chi connectivity index (χ3n) is 5.78. The number of rotatable bonds is 10. The number of hydrogen-bond donors (Lipinski definition) is 1. The molecule has 2 aromatic carbocycles. The molecule has 1 aliphatic rings. The number of benzene rings is 2. The molecule has 7 nitrogen and oxygen atoms in total. The minimum absolute atomic E-state index is 0.0170. The van der Waals surface area contributed by atoms with Crippen LogP contribution in [0.5, 0.6) is 11.5 Å². The lowest BCUT2D eigenvalue weighted by atomic mass is 10.1. The van der Waals surface area contributed by atoms with Gasteiger partial charge in [0.25, 0.3) is 0 Å². The van der Waals surface area contributed by atoms with E-state index in [-0.39, 0.29) is 11.8 Å². The fourth-order valence-electron chi connectivity index (χ4n) is 3.96. The van der Waals surface area contributed by atoms with Crippen LogP contribution in [0.25, 0.3) is 0 Å². The third kappa shape index (κ3) is 7.22. The summed E-state index contributed by atoms with van der Waals surface area (Å²) in [5.41, 5.74) is 3.01. The number of nitrogens with one attached hydrogen (secondary N) is 1. The summed E-state index contributed by atoms with van der Waals surface area (Å²) in [6.07, 6.45) is 1.10. The minimum atomic E-state index is -0.0170. The van der Waals surface area contributed by atoms with E-state index in [1.807, 2.05) is 68.1 Å². The van der Waals surface area contributed by atoms with Crippen molar-refractivity contribution < 1.29 is 19.1 Å². The van der Waals surface area contributed by atoms with Gasteiger partial charge in [-0.05, 0) is 50.5 Å². The zero-order chi connectivity index (χ0) is 23.6. The Balaban J connectivity index is 1.35. The maximum Gasteiger partial charge on any atom is 0.238 e. The summed E-state index contributed by atoms with van der Waals surface area (Å²) in [6.45, 7) is 9.99. The first kappa shape index (κ1) is 24.6. The van der Waals surface area contributed by atoms with Crippen molar-refractivity contribution in [2.45, 2.75) is 33.6 Å². The van der Waals surface area contributed by atoms with Crippen molar-refractivity contribution in [2.24, 2.45) is 0 Å². The number of carbonyl (C=O) groups excluding carboxylic acids is 2. The maximum atomic E-state index is 12.6. The first-order chi connectivity index (χ1) is 16.0. The predicted octanol–water partition coefficient (Wildman–Crippen LogP) is 3.64. The molecule has 0 radical (unpaired) electrons. The lowest BCUT2D eigenvalue weighted by Crippen LogP contribution is -2.50. The van der Waals surface area contributed by atoms with Crippen LogP contribution in [0.3, 0.4) is 0 Å². The van der Waals surface area contributed by atoms with Crippen LogP contribution in [-0.4, -0.2) is 67.6 Å². The largest absolute Gasteiger partial charge is 0.490 e. The second-order valence-corrected chi connectivity index (χ2v) is 8.30. The predicted molar refractivity (Wildman–Crippen MR) is 130 cm³/mol. The molecular weight excluding hydrogens is 418 g/mol. The number of carbonyl (C=O) groups is 2. The summed E-state index contributed by atoms with van der Waals surface area (Å²) in [5.74, 6) is 1.55. The second kappa shape index (κ2) is 12.3. The highest BCUT2D eigenvalue weighted by Gasteiger charge is 2.22. The Hall–Kier alpha value is -3.06. The normalized spacial score (nSPS) is 14.1. The molecule has 0 bridgehead atoms. The standard InChI is InChI=1S/C26H35N3O4/c1-4-32-22-11-5-6-12-23(22)33-18-8-13-25(31)29-16-14-28(15-17-29)19-24(30)27-26-20(2)9-7-10-21(26)3/h5-7,9-12H,4,8,13-19H2,1-3H3,(H,27,30). The molecule has 0 saturated carbocycles. The van der Waals surface area contributed by atoms with Crippen LogP contribution in [0.4, 0.5) is 5.69 Å². The molecule has 3 rings (SSSR count). The number of anilines is 1. The Morgan fingerprint density at radius 3 is 2.18 bits per heavy atom. The number of para-hydroxylation sites is 3. The lowest BCUT2D eigenvalue weighted by Gasteiger charge is -2.34. The van der Waals surface area contributed by atoms with Crippen molar-refractivity contribution in [3.8, 4) is 11.5 Å². The number of ether oxygens (including phenoxy) is 2. The highest BCUT2D eigenvalue weighted by Crippen LogP contribution is 2.26. The zero-order valence-corrected chi connectivity index (χ0v) is 19.9. The van der Waals surface area contributed by atoms with E-state index in [2.05, 4.69) is 10.2 Å². The van der Waals surface area contributed by atoms with E-state index >= 15 is 0 Å². The van der Waals surface area contributed by atoms with Crippen molar-refractivity contribution in [3.05, 3.63) is 53.6 Å². The molecule has 2 amide bonds. The average molecular weight is 454 g/mol. The molecule has 1 saturated heterocycles. The van der Waals surface area contributed by atoms with Crippen molar-refractivity contribution in [1.29, 1.82) is 0 Å². The Bertz CT molecular complexity index is 919. The summed E-state index contributed by atoms with van der Waals surface area (Å²) >= 11 is 0. The van der Waals surface area contributed by atoms with Crippen LogP contribution in [0.2, 0.25) is 0 Å². The minimum Gasteiger partial charge on any atom is -0.490 e. The highest BCUT2D eigenvalue weighted by molar-refractivity contribution is 5.93. The molecule has 0 atom stereocenters. The number of aryl methyl sites for hydroxylation is 2. The van der Waals surface area contributed by atoms with Gasteiger partial charge in [0.05, 0.1) is 19.8 Å². The van der Waals surface area contributed by atoms with Crippen LogP contribution in [0.1, 0.15) is 30.9 Å². The number of piperazine rings is 1. The molecule has 33 heavy (non-hydrogen) atoms. The van der Waals surface area contributed by atoms with E-state index in [9.17, 15) is 9.59 Å². The molecule has 1 N–H and O–H groups in total. The Labute approximate surface area is 196 Å². The molecule has 0 aromatic heterocycles. The summed E-state index contributed by atoms with van der Waals surface area (Å²) in [5, 5.41) is 3.04. The summed E-state index contributed by atoms with van der Waals surface area (Å²) in [7, 11) is 0. The fraction of sp³-hybridized carbons (Fsp3) is 0.462. The Morgan fingerprint density at radius 2 is 1.55 bits per heavy atom. The van der Waals surface area contributed by atoms with Gasteiger partial charge in [-0.25, -0.2) is 0 Å². The smallest absolute Gasteiger partial charge is 0.238 e. The van der Waals surface area contributed by atoms with Crippen LogP contribution in [-0.2, 0) is 9.59 Å². The van der Waals surface area contributed by atoms with Crippen molar-refractivity contribution in [1.82, 2.24) is 9.80 Å². The van der Waals surface area contributed by atoms with Crippen molar-refractivity contribution in [3.63, 3.8) is 0 Å². The van der Waals surface area contributed by atoms with Crippen molar-refractivity contribution >= 4 is 17.5 Å². The van der Waals surface area contributed by atoms with Gasteiger partial charge in [-0.2, -0.15) is 0 Å². The quantitative estimate of drug-likeness (QED) is 0.556. The van der Waals surface area contributed by atoms with E-state index in [4.69, 9.17) is 9.47 Å². The molecule has 1 fully saturated rings. The Kier molecular flexibility index (Phi) is 9.13. The second-order valence-electron chi connectivity index (χ2n) is 8.30. The van der Waals surface area contributed by atoms with E-state index in [0.717, 1.165) is 22.6 Å². The van der Waals surface area contributed by atoms with Gasteiger partial charge in [0.1, 0.15) is 0 Å². The van der Waals surface area contributed by atoms with Crippen molar-refractivity contribution in [2.75, 3.05) is 51.3 Å². The molecule has 1 aliphatic heterocycles. The van der Waals surface area contributed by atoms with Gasteiger partial charge in [-0.1, -0.05) is 30.3 Å².